The van der Waals surface area contributed by atoms with Crippen LogP contribution in [-0.4, -0.2) is 29.8 Å². The predicted octanol–water partition coefficient (Wildman–Crippen LogP) is 4.11. The first-order valence-corrected chi connectivity index (χ1v) is 10.1. The van der Waals surface area contributed by atoms with Crippen molar-refractivity contribution in [3.63, 3.8) is 0 Å². The summed E-state index contributed by atoms with van der Waals surface area (Å²) in [5.74, 6) is 1.34. The van der Waals surface area contributed by atoms with Crippen LogP contribution in [0, 0.1) is 0 Å². The van der Waals surface area contributed by atoms with Gasteiger partial charge in [0.1, 0.15) is 16.5 Å². The third-order valence-electron chi connectivity index (χ3n) is 4.72. The van der Waals surface area contributed by atoms with Gasteiger partial charge in [0.05, 0.1) is 7.11 Å². The summed E-state index contributed by atoms with van der Waals surface area (Å²) in [5.41, 5.74) is 3.49. The molecule has 0 bridgehead atoms. The molecule has 2 aromatic carbocycles. The highest BCUT2D eigenvalue weighted by Gasteiger charge is 2.15. The Labute approximate surface area is 167 Å². The van der Waals surface area contributed by atoms with Crippen LogP contribution in [0.3, 0.4) is 0 Å². The third kappa shape index (κ3) is 4.14. The minimum atomic E-state index is -0.245. The molecule has 144 valence electrons. The van der Waals surface area contributed by atoms with Crippen LogP contribution in [0.25, 0.3) is 10.6 Å². The maximum absolute atomic E-state index is 12.3. The quantitative estimate of drug-likeness (QED) is 0.680. The van der Waals surface area contributed by atoms with Crippen molar-refractivity contribution in [3.05, 3.63) is 53.6 Å². The van der Waals surface area contributed by atoms with Crippen molar-refractivity contribution >= 4 is 22.4 Å². The monoisotopic (exact) mass is 395 g/mol. The van der Waals surface area contributed by atoms with E-state index in [9.17, 15) is 4.79 Å². The van der Waals surface area contributed by atoms with Crippen molar-refractivity contribution in [2.45, 2.75) is 25.7 Å². The molecule has 0 fully saturated rings. The Hall–Kier alpha value is -2.93. The zero-order valence-electron chi connectivity index (χ0n) is 15.6. The highest BCUT2D eigenvalue weighted by Crippen LogP contribution is 2.30. The number of ether oxygens (including phenoxy) is 2. The molecular formula is C21H21N3O3S. The molecule has 28 heavy (non-hydrogen) atoms. The highest BCUT2D eigenvalue weighted by atomic mass is 32.1. The lowest BCUT2D eigenvalue weighted by molar-refractivity contribution is -0.118. The molecule has 0 saturated carbocycles. The molecule has 6 nitrogen and oxygen atoms in total. The van der Waals surface area contributed by atoms with Crippen LogP contribution in [0.5, 0.6) is 11.5 Å². The van der Waals surface area contributed by atoms with Crippen LogP contribution >= 0.6 is 11.3 Å². The number of fused-ring (bicyclic) bond motifs is 1. The molecule has 0 spiro atoms. The molecule has 1 aromatic heterocycles. The summed E-state index contributed by atoms with van der Waals surface area (Å²) >= 11 is 1.32. The van der Waals surface area contributed by atoms with E-state index < -0.39 is 0 Å². The Morgan fingerprint density at radius 3 is 2.75 bits per heavy atom. The van der Waals surface area contributed by atoms with E-state index in [1.165, 1.54) is 35.3 Å². The summed E-state index contributed by atoms with van der Waals surface area (Å²) in [7, 11) is 1.63. The summed E-state index contributed by atoms with van der Waals surface area (Å²) in [6.45, 7) is -0.0477. The van der Waals surface area contributed by atoms with E-state index >= 15 is 0 Å². The number of methoxy groups -OCH3 is 1. The van der Waals surface area contributed by atoms with Crippen LogP contribution in [0.15, 0.2) is 42.5 Å². The molecule has 3 aromatic rings. The molecule has 0 atom stereocenters. The number of aromatic nitrogens is 2. The number of aryl methyl sites for hydroxylation is 1. The van der Waals surface area contributed by atoms with E-state index in [4.69, 9.17) is 9.47 Å². The SMILES string of the molecule is COc1ccc(-c2nnc(NC(=O)COc3cccc4c3CCCC4)s2)cc1. The van der Waals surface area contributed by atoms with Crippen molar-refractivity contribution in [1.29, 1.82) is 0 Å². The number of nitrogens with one attached hydrogen (secondary N) is 1. The van der Waals surface area contributed by atoms with Gasteiger partial charge in [-0.2, -0.15) is 0 Å². The smallest absolute Gasteiger partial charge is 0.264 e. The lowest BCUT2D eigenvalue weighted by atomic mass is 9.91. The maximum atomic E-state index is 12.3. The Kier molecular flexibility index (Phi) is 5.53. The molecule has 1 heterocycles. The lowest BCUT2D eigenvalue weighted by Gasteiger charge is -2.19. The Morgan fingerprint density at radius 2 is 1.93 bits per heavy atom. The van der Waals surface area contributed by atoms with Crippen molar-refractivity contribution in [1.82, 2.24) is 10.2 Å². The van der Waals surface area contributed by atoms with E-state index in [1.807, 2.05) is 36.4 Å². The van der Waals surface area contributed by atoms with Gasteiger partial charge in [0, 0.05) is 5.56 Å². The number of amides is 1. The van der Waals surface area contributed by atoms with Gasteiger partial charge in [-0.05, 0) is 67.1 Å². The van der Waals surface area contributed by atoms with E-state index in [2.05, 4.69) is 21.6 Å². The number of hydrogen-bond donors (Lipinski definition) is 1. The standard InChI is InChI=1S/C21H21N3O3S/c1-26-16-11-9-15(10-12-16)20-23-24-21(28-20)22-19(25)13-27-18-8-4-6-14-5-2-3-7-17(14)18/h4,6,8-12H,2-3,5,7,13H2,1H3,(H,22,24,25). The van der Waals surface area contributed by atoms with E-state index in [0.717, 1.165) is 34.9 Å². The largest absolute Gasteiger partial charge is 0.497 e. The molecule has 0 saturated heterocycles. The van der Waals surface area contributed by atoms with Crippen LogP contribution in [0.4, 0.5) is 5.13 Å². The molecule has 1 aliphatic carbocycles. The Balaban J connectivity index is 1.36. The Morgan fingerprint density at radius 1 is 1.11 bits per heavy atom. The van der Waals surface area contributed by atoms with Gasteiger partial charge in [-0.25, -0.2) is 0 Å². The molecule has 4 rings (SSSR count). The van der Waals surface area contributed by atoms with Crippen LogP contribution in [-0.2, 0) is 17.6 Å². The number of hydrogen-bond acceptors (Lipinski definition) is 6. The highest BCUT2D eigenvalue weighted by molar-refractivity contribution is 7.18. The van der Waals surface area contributed by atoms with Gasteiger partial charge in [-0.3, -0.25) is 10.1 Å². The van der Waals surface area contributed by atoms with Gasteiger partial charge in [-0.1, -0.05) is 23.5 Å². The van der Waals surface area contributed by atoms with Gasteiger partial charge in [-0.15, -0.1) is 10.2 Å². The Bertz CT molecular complexity index is 969. The van der Waals surface area contributed by atoms with E-state index in [-0.39, 0.29) is 12.5 Å². The first-order valence-electron chi connectivity index (χ1n) is 9.24. The van der Waals surface area contributed by atoms with Gasteiger partial charge in [0.15, 0.2) is 6.61 Å². The minimum Gasteiger partial charge on any atom is -0.497 e. The van der Waals surface area contributed by atoms with Crippen LogP contribution < -0.4 is 14.8 Å². The molecule has 0 unspecified atom stereocenters. The number of nitrogens with zero attached hydrogens (tertiary/aromatic N) is 2. The summed E-state index contributed by atoms with van der Waals surface area (Å²) in [5, 5.41) is 12.1. The first kappa shape index (κ1) is 18.4. The second-order valence-corrected chi connectivity index (χ2v) is 7.56. The fraction of sp³-hybridized carbons (Fsp3) is 0.286. The van der Waals surface area contributed by atoms with Crippen molar-refractivity contribution in [2.75, 3.05) is 19.0 Å². The second-order valence-electron chi connectivity index (χ2n) is 6.58. The van der Waals surface area contributed by atoms with Crippen molar-refractivity contribution < 1.29 is 14.3 Å². The third-order valence-corrected chi connectivity index (χ3v) is 5.61. The summed E-state index contributed by atoms with van der Waals surface area (Å²) in [6.07, 6.45) is 4.47. The zero-order valence-corrected chi connectivity index (χ0v) is 16.4. The van der Waals surface area contributed by atoms with E-state index in [1.54, 1.807) is 7.11 Å². The molecule has 0 aliphatic heterocycles. The van der Waals surface area contributed by atoms with Crippen molar-refractivity contribution in [2.24, 2.45) is 0 Å². The average molecular weight is 395 g/mol. The van der Waals surface area contributed by atoms with Gasteiger partial charge < -0.3 is 9.47 Å². The van der Waals surface area contributed by atoms with Crippen LogP contribution in [0.1, 0.15) is 24.0 Å². The van der Waals surface area contributed by atoms with Crippen molar-refractivity contribution in [3.8, 4) is 22.1 Å². The normalized spacial score (nSPS) is 12.9. The summed E-state index contributed by atoms with van der Waals surface area (Å²) in [6, 6.07) is 13.6. The van der Waals surface area contributed by atoms with E-state index in [0.29, 0.717) is 5.13 Å². The fourth-order valence-corrected chi connectivity index (χ4v) is 4.07. The maximum Gasteiger partial charge on any atom is 0.264 e. The molecule has 1 N–H and O–H groups in total. The lowest BCUT2D eigenvalue weighted by Crippen LogP contribution is -2.20. The first-order chi connectivity index (χ1) is 13.7. The number of rotatable bonds is 6. The van der Waals surface area contributed by atoms with Gasteiger partial charge >= 0.3 is 0 Å². The number of carbonyl (C=O) groups is 1. The topological polar surface area (TPSA) is 73.3 Å². The molecule has 1 amide bonds. The second kappa shape index (κ2) is 8.39. The molecule has 1 aliphatic rings. The zero-order chi connectivity index (χ0) is 19.3. The minimum absolute atomic E-state index is 0.0477. The molecule has 7 heteroatoms. The average Bonchev–Trinajstić information content (AvgIpc) is 3.20. The molecular weight excluding hydrogens is 374 g/mol. The number of carbonyl (C=O) groups excluding carboxylic acids is 1. The number of benzene rings is 2. The predicted molar refractivity (Wildman–Crippen MR) is 109 cm³/mol. The van der Waals surface area contributed by atoms with Gasteiger partial charge in [0.2, 0.25) is 5.13 Å². The van der Waals surface area contributed by atoms with Crippen LogP contribution in [0.2, 0.25) is 0 Å². The summed E-state index contributed by atoms with van der Waals surface area (Å²) in [4.78, 5) is 12.3. The fourth-order valence-electron chi connectivity index (χ4n) is 3.30. The van der Waals surface area contributed by atoms with Gasteiger partial charge in [0.25, 0.3) is 5.91 Å². The molecule has 0 radical (unpaired) electrons. The number of anilines is 1. The summed E-state index contributed by atoms with van der Waals surface area (Å²) < 4.78 is 10.9.